The van der Waals surface area contributed by atoms with Gasteiger partial charge in [0.05, 0.1) is 6.04 Å². The first-order valence-corrected chi connectivity index (χ1v) is 7.06. The van der Waals surface area contributed by atoms with Gasteiger partial charge in [-0.3, -0.25) is 4.90 Å². The minimum Gasteiger partial charge on any atom is -0.318 e. The van der Waals surface area contributed by atoms with Crippen LogP contribution in [0.1, 0.15) is 26.7 Å². The smallest absolute Gasteiger partial charge is 0.318 e. The van der Waals surface area contributed by atoms with Gasteiger partial charge in [-0.2, -0.15) is 9.78 Å². The second kappa shape index (κ2) is 4.92. The third kappa shape index (κ3) is 2.25. The van der Waals surface area contributed by atoms with Crippen molar-refractivity contribution < 1.29 is 4.79 Å². The zero-order chi connectivity index (χ0) is 13.4. The number of fused-ring (bicyclic) bond motifs is 1. The van der Waals surface area contributed by atoms with E-state index in [9.17, 15) is 4.79 Å². The van der Waals surface area contributed by atoms with E-state index in [1.165, 1.54) is 23.8 Å². The molecule has 2 aliphatic rings. The molecule has 0 bridgehead atoms. The Morgan fingerprint density at radius 2 is 2.21 bits per heavy atom. The molecule has 0 spiro atoms. The molecular formula is C13H21N5O. The number of likely N-dealkylation sites (tertiary alicyclic amines) is 2. The molecule has 2 fully saturated rings. The third-order valence-electron chi connectivity index (χ3n) is 4.40. The van der Waals surface area contributed by atoms with E-state index < -0.39 is 0 Å². The molecule has 0 radical (unpaired) electrons. The molecule has 0 aliphatic carbocycles. The van der Waals surface area contributed by atoms with Gasteiger partial charge in [-0.1, -0.05) is 0 Å². The van der Waals surface area contributed by atoms with Crippen LogP contribution in [0.25, 0.3) is 0 Å². The number of carbonyl (C=O) groups excluding carboxylic acids is 1. The SMILES string of the molecule is CC(C)N1CC2CCCN(C(=O)n3cncn3)C2C1. The van der Waals surface area contributed by atoms with Crippen molar-refractivity contribution in [2.24, 2.45) is 5.92 Å². The van der Waals surface area contributed by atoms with Crippen molar-refractivity contribution in [2.75, 3.05) is 19.6 Å². The lowest BCUT2D eigenvalue weighted by atomic mass is 9.92. The number of hydrogen-bond donors (Lipinski definition) is 0. The molecule has 19 heavy (non-hydrogen) atoms. The fourth-order valence-electron chi connectivity index (χ4n) is 3.31. The predicted octanol–water partition coefficient (Wildman–Crippen LogP) is 1.05. The third-order valence-corrected chi connectivity index (χ3v) is 4.40. The van der Waals surface area contributed by atoms with Gasteiger partial charge in [0, 0.05) is 25.7 Å². The molecule has 0 aromatic carbocycles. The summed E-state index contributed by atoms with van der Waals surface area (Å²) in [5, 5.41) is 3.96. The highest BCUT2D eigenvalue weighted by atomic mass is 16.2. The zero-order valence-corrected chi connectivity index (χ0v) is 11.6. The summed E-state index contributed by atoms with van der Waals surface area (Å²) in [6.45, 7) is 7.39. The first kappa shape index (κ1) is 12.6. The van der Waals surface area contributed by atoms with Crippen LogP contribution in [0.3, 0.4) is 0 Å². The number of nitrogens with zero attached hydrogens (tertiary/aromatic N) is 5. The van der Waals surface area contributed by atoms with E-state index in [0.717, 1.165) is 26.1 Å². The Hall–Kier alpha value is -1.43. The second-order valence-electron chi connectivity index (χ2n) is 5.83. The summed E-state index contributed by atoms with van der Waals surface area (Å²) in [6, 6.07) is 0.861. The number of aromatic nitrogens is 3. The van der Waals surface area contributed by atoms with Crippen LogP contribution < -0.4 is 0 Å². The predicted molar refractivity (Wildman–Crippen MR) is 70.7 cm³/mol. The monoisotopic (exact) mass is 263 g/mol. The Kier molecular flexibility index (Phi) is 3.26. The van der Waals surface area contributed by atoms with Crippen LogP contribution in [0.5, 0.6) is 0 Å². The maximum absolute atomic E-state index is 12.4. The van der Waals surface area contributed by atoms with E-state index in [2.05, 4.69) is 28.8 Å². The molecule has 6 heteroatoms. The van der Waals surface area contributed by atoms with Crippen LogP contribution in [-0.2, 0) is 0 Å². The van der Waals surface area contributed by atoms with E-state index in [0.29, 0.717) is 18.0 Å². The fraction of sp³-hybridized carbons (Fsp3) is 0.769. The fourth-order valence-corrected chi connectivity index (χ4v) is 3.31. The highest BCUT2D eigenvalue weighted by Gasteiger charge is 2.41. The number of amides is 1. The van der Waals surface area contributed by atoms with Gasteiger partial charge < -0.3 is 4.90 Å². The van der Waals surface area contributed by atoms with E-state index in [1.807, 2.05) is 4.90 Å². The Balaban J connectivity index is 1.77. The normalized spacial score (nSPS) is 27.8. The summed E-state index contributed by atoms with van der Waals surface area (Å²) in [7, 11) is 0. The molecule has 0 N–H and O–H groups in total. The molecule has 2 aliphatic heterocycles. The summed E-state index contributed by atoms with van der Waals surface area (Å²) in [6.07, 6.45) is 5.22. The van der Waals surface area contributed by atoms with Crippen LogP contribution in [-0.4, -0.2) is 62.3 Å². The largest absolute Gasteiger partial charge is 0.346 e. The highest BCUT2D eigenvalue weighted by molar-refractivity contribution is 5.76. The lowest BCUT2D eigenvalue weighted by Gasteiger charge is -2.36. The minimum atomic E-state index is -0.0298. The summed E-state index contributed by atoms with van der Waals surface area (Å²) in [4.78, 5) is 20.8. The second-order valence-corrected chi connectivity index (χ2v) is 5.83. The van der Waals surface area contributed by atoms with Crippen molar-refractivity contribution in [3.8, 4) is 0 Å². The molecular weight excluding hydrogens is 242 g/mol. The van der Waals surface area contributed by atoms with Gasteiger partial charge in [-0.15, -0.1) is 0 Å². The van der Waals surface area contributed by atoms with Gasteiger partial charge in [0.2, 0.25) is 0 Å². The van der Waals surface area contributed by atoms with E-state index in [4.69, 9.17) is 0 Å². The van der Waals surface area contributed by atoms with Crippen molar-refractivity contribution in [1.29, 1.82) is 0 Å². The van der Waals surface area contributed by atoms with Crippen molar-refractivity contribution in [3.63, 3.8) is 0 Å². The van der Waals surface area contributed by atoms with Crippen molar-refractivity contribution >= 4 is 6.03 Å². The molecule has 2 atom stereocenters. The molecule has 1 aromatic rings. The topological polar surface area (TPSA) is 54.3 Å². The van der Waals surface area contributed by atoms with E-state index in [1.54, 1.807) is 0 Å². The molecule has 3 heterocycles. The highest BCUT2D eigenvalue weighted by Crippen LogP contribution is 2.31. The first-order valence-electron chi connectivity index (χ1n) is 7.06. The van der Waals surface area contributed by atoms with Crippen LogP contribution in [0.15, 0.2) is 12.7 Å². The molecule has 2 saturated heterocycles. The Bertz CT molecular complexity index is 444. The average Bonchev–Trinajstić information content (AvgIpc) is 3.06. The number of piperidine rings is 1. The number of rotatable bonds is 1. The lowest BCUT2D eigenvalue weighted by molar-refractivity contribution is 0.134. The number of carbonyl (C=O) groups is 1. The van der Waals surface area contributed by atoms with Gasteiger partial charge >= 0.3 is 6.03 Å². The molecule has 6 nitrogen and oxygen atoms in total. The maximum atomic E-state index is 12.4. The summed E-state index contributed by atoms with van der Waals surface area (Å²) < 4.78 is 1.35. The van der Waals surface area contributed by atoms with Gasteiger partial charge in [0.25, 0.3) is 0 Å². The van der Waals surface area contributed by atoms with E-state index >= 15 is 0 Å². The first-order chi connectivity index (χ1) is 9.16. The minimum absolute atomic E-state index is 0.0298. The Labute approximate surface area is 113 Å². The van der Waals surface area contributed by atoms with E-state index in [-0.39, 0.29) is 6.03 Å². The standard InChI is InChI=1S/C13H21N5O/c1-10(2)16-6-11-4-3-5-17(12(11)7-16)13(19)18-9-14-8-15-18/h8-12H,3-7H2,1-2H3. The van der Waals surface area contributed by atoms with Gasteiger partial charge in [-0.25, -0.2) is 9.78 Å². The molecule has 0 saturated carbocycles. The summed E-state index contributed by atoms with van der Waals surface area (Å²) in [5.74, 6) is 0.614. The molecule has 1 amide bonds. The maximum Gasteiger partial charge on any atom is 0.346 e. The van der Waals surface area contributed by atoms with Gasteiger partial charge in [0.1, 0.15) is 12.7 Å². The molecule has 104 valence electrons. The van der Waals surface area contributed by atoms with Crippen molar-refractivity contribution in [2.45, 2.75) is 38.8 Å². The van der Waals surface area contributed by atoms with Crippen LogP contribution >= 0.6 is 0 Å². The summed E-state index contributed by atoms with van der Waals surface area (Å²) in [5.41, 5.74) is 0. The van der Waals surface area contributed by atoms with Crippen LogP contribution in [0.2, 0.25) is 0 Å². The Morgan fingerprint density at radius 1 is 1.37 bits per heavy atom. The molecule has 2 unspecified atom stereocenters. The van der Waals surface area contributed by atoms with Gasteiger partial charge in [-0.05, 0) is 32.6 Å². The zero-order valence-electron chi connectivity index (χ0n) is 11.6. The van der Waals surface area contributed by atoms with Gasteiger partial charge in [0.15, 0.2) is 0 Å². The molecule has 3 rings (SSSR count). The average molecular weight is 263 g/mol. The number of hydrogen-bond acceptors (Lipinski definition) is 4. The van der Waals surface area contributed by atoms with Crippen molar-refractivity contribution in [3.05, 3.63) is 12.7 Å². The summed E-state index contributed by atoms with van der Waals surface area (Å²) >= 11 is 0. The lowest BCUT2D eigenvalue weighted by Crippen LogP contribution is -2.50. The quantitative estimate of drug-likeness (QED) is 0.760. The van der Waals surface area contributed by atoms with Crippen LogP contribution in [0.4, 0.5) is 4.79 Å². The van der Waals surface area contributed by atoms with Crippen LogP contribution in [0, 0.1) is 5.92 Å². The molecule has 1 aromatic heterocycles. The Morgan fingerprint density at radius 3 is 2.89 bits per heavy atom. The van der Waals surface area contributed by atoms with Crippen molar-refractivity contribution in [1.82, 2.24) is 24.6 Å².